The number of anilines is 1. The Bertz CT molecular complexity index is 791. The molecule has 142 valence electrons. The van der Waals surface area contributed by atoms with Gasteiger partial charge in [0.1, 0.15) is 6.17 Å². The van der Waals surface area contributed by atoms with E-state index in [1.54, 1.807) is 0 Å². The van der Waals surface area contributed by atoms with Gasteiger partial charge in [-0.05, 0) is 61.7 Å². The molecule has 0 saturated carbocycles. The lowest BCUT2D eigenvalue weighted by Crippen LogP contribution is -2.37. The molecule has 2 aromatic carbocycles. The SMILES string of the molecule is CCOC(=O)c1ccc(N2C[C@H]3CCCCN3[C@@H]2c2ccc(Cl)cc2)cc1. The normalized spacial score (nSPS) is 22.5. The van der Waals surface area contributed by atoms with Crippen molar-refractivity contribution in [1.82, 2.24) is 4.90 Å². The van der Waals surface area contributed by atoms with Gasteiger partial charge in [0.2, 0.25) is 0 Å². The van der Waals surface area contributed by atoms with Gasteiger partial charge >= 0.3 is 5.97 Å². The molecule has 0 radical (unpaired) electrons. The van der Waals surface area contributed by atoms with Gasteiger partial charge in [-0.25, -0.2) is 4.79 Å². The molecule has 0 bridgehead atoms. The van der Waals surface area contributed by atoms with E-state index in [1.165, 1.54) is 24.8 Å². The third kappa shape index (κ3) is 3.69. The van der Waals surface area contributed by atoms with Crippen LogP contribution in [0.15, 0.2) is 48.5 Å². The number of benzene rings is 2. The number of fused-ring (bicyclic) bond motifs is 1. The molecule has 0 aromatic heterocycles. The summed E-state index contributed by atoms with van der Waals surface area (Å²) in [5.74, 6) is -0.267. The topological polar surface area (TPSA) is 32.8 Å². The molecule has 0 aliphatic carbocycles. The number of nitrogens with zero attached hydrogens (tertiary/aromatic N) is 2. The van der Waals surface area contributed by atoms with E-state index >= 15 is 0 Å². The van der Waals surface area contributed by atoms with Crippen LogP contribution in [-0.4, -0.2) is 36.6 Å². The minimum Gasteiger partial charge on any atom is -0.462 e. The van der Waals surface area contributed by atoms with Crippen molar-refractivity contribution in [2.75, 3.05) is 24.6 Å². The summed E-state index contributed by atoms with van der Waals surface area (Å²) in [7, 11) is 0. The van der Waals surface area contributed by atoms with Crippen molar-refractivity contribution < 1.29 is 9.53 Å². The van der Waals surface area contributed by atoms with Crippen molar-refractivity contribution in [3.8, 4) is 0 Å². The minimum atomic E-state index is -0.267. The van der Waals surface area contributed by atoms with Crippen LogP contribution in [0.4, 0.5) is 5.69 Å². The number of piperidine rings is 1. The van der Waals surface area contributed by atoms with E-state index in [-0.39, 0.29) is 12.1 Å². The van der Waals surface area contributed by atoms with Crippen molar-refractivity contribution in [3.63, 3.8) is 0 Å². The summed E-state index contributed by atoms with van der Waals surface area (Å²) >= 11 is 6.11. The van der Waals surface area contributed by atoms with Gasteiger partial charge in [-0.2, -0.15) is 0 Å². The number of carbonyl (C=O) groups excluding carboxylic acids is 1. The standard InChI is InChI=1S/C22H25ClN2O2/c1-2-27-22(26)17-8-12-19(13-9-17)25-15-20-5-3-4-14-24(20)21(25)16-6-10-18(23)11-7-16/h6-13,20-21H,2-5,14-15H2,1H3/t20-,21+/m1/s1. The Morgan fingerprint density at radius 1 is 1.11 bits per heavy atom. The quantitative estimate of drug-likeness (QED) is 0.702. The summed E-state index contributed by atoms with van der Waals surface area (Å²) in [4.78, 5) is 17.0. The molecule has 2 saturated heterocycles. The lowest BCUT2D eigenvalue weighted by Gasteiger charge is -2.35. The largest absolute Gasteiger partial charge is 0.462 e. The minimum absolute atomic E-state index is 0.209. The van der Waals surface area contributed by atoms with E-state index in [4.69, 9.17) is 16.3 Å². The molecule has 2 aliphatic heterocycles. The van der Waals surface area contributed by atoms with Crippen LogP contribution in [0.5, 0.6) is 0 Å². The summed E-state index contributed by atoms with van der Waals surface area (Å²) < 4.78 is 5.10. The Balaban J connectivity index is 1.64. The molecule has 2 atom stereocenters. The van der Waals surface area contributed by atoms with E-state index in [0.29, 0.717) is 18.2 Å². The Kier molecular flexibility index (Phi) is 5.37. The van der Waals surface area contributed by atoms with Crippen LogP contribution in [0.1, 0.15) is 48.3 Å². The summed E-state index contributed by atoms with van der Waals surface area (Å²) in [6.07, 6.45) is 3.99. The molecular weight excluding hydrogens is 360 g/mol. The molecule has 5 heteroatoms. The second-order valence-electron chi connectivity index (χ2n) is 7.23. The molecule has 4 nitrogen and oxygen atoms in total. The molecular formula is C22H25ClN2O2. The predicted octanol–water partition coefficient (Wildman–Crippen LogP) is 4.89. The van der Waals surface area contributed by atoms with Crippen LogP contribution in [0.2, 0.25) is 5.02 Å². The molecule has 0 N–H and O–H groups in total. The number of halogens is 1. The molecule has 0 amide bonds. The Labute approximate surface area is 165 Å². The van der Waals surface area contributed by atoms with Gasteiger partial charge in [-0.15, -0.1) is 0 Å². The van der Waals surface area contributed by atoms with E-state index in [2.05, 4.69) is 21.9 Å². The maximum atomic E-state index is 11.9. The second-order valence-corrected chi connectivity index (χ2v) is 7.67. The van der Waals surface area contributed by atoms with Gasteiger partial charge < -0.3 is 9.64 Å². The van der Waals surface area contributed by atoms with Crippen molar-refractivity contribution >= 4 is 23.3 Å². The fraction of sp³-hybridized carbons (Fsp3) is 0.409. The smallest absolute Gasteiger partial charge is 0.338 e. The Hall–Kier alpha value is -2.04. The number of carbonyl (C=O) groups is 1. The van der Waals surface area contributed by atoms with Gasteiger partial charge in [0, 0.05) is 29.8 Å². The Morgan fingerprint density at radius 3 is 2.56 bits per heavy atom. The second kappa shape index (κ2) is 7.91. The van der Waals surface area contributed by atoms with E-state index in [1.807, 2.05) is 43.3 Å². The molecule has 0 unspecified atom stereocenters. The summed E-state index contributed by atoms with van der Waals surface area (Å²) in [5, 5.41) is 0.761. The van der Waals surface area contributed by atoms with Crippen molar-refractivity contribution in [3.05, 3.63) is 64.7 Å². The summed E-state index contributed by atoms with van der Waals surface area (Å²) in [5.41, 5.74) is 3.00. The lowest BCUT2D eigenvalue weighted by molar-refractivity contribution is 0.0526. The average molecular weight is 385 g/mol. The first kappa shape index (κ1) is 18.3. The molecule has 2 aromatic rings. The zero-order valence-electron chi connectivity index (χ0n) is 15.6. The molecule has 2 heterocycles. The van der Waals surface area contributed by atoms with Gasteiger partial charge in [0.05, 0.1) is 12.2 Å². The van der Waals surface area contributed by atoms with Crippen LogP contribution in [0, 0.1) is 0 Å². The number of hydrogen-bond donors (Lipinski definition) is 0. The monoisotopic (exact) mass is 384 g/mol. The molecule has 2 fully saturated rings. The molecule has 2 aliphatic rings. The average Bonchev–Trinajstić information content (AvgIpc) is 3.08. The summed E-state index contributed by atoms with van der Waals surface area (Å²) in [6, 6.07) is 16.6. The highest BCUT2D eigenvalue weighted by molar-refractivity contribution is 6.30. The van der Waals surface area contributed by atoms with Crippen LogP contribution in [0.3, 0.4) is 0 Å². The first-order valence-electron chi connectivity index (χ1n) is 9.72. The van der Waals surface area contributed by atoms with E-state index < -0.39 is 0 Å². The van der Waals surface area contributed by atoms with Gasteiger partial charge in [0.25, 0.3) is 0 Å². The maximum Gasteiger partial charge on any atom is 0.338 e. The number of rotatable bonds is 4. The van der Waals surface area contributed by atoms with Crippen molar-refractivity contribution in [2.24, 2.45) is 0 Å². The third-order valence-corrected chi connectivity index (χ3v) is 5.82. The van der Waals surface area contributed by atoms with E-state index in [0.717, 1.165) is 23.8 Å². The zero-order valence-corrected chi connectivity index (χ0v) is 16.4. The fourth-order valence-corrected chi connectivity index (χ4v) is 4.43. The molecule has 0 spiro atoms. The van der Waals surface area contributed by atoms with Crippen LogP contribution in [-0.2, 0) is 4.74 Å². The van der Waals surface area contributed by atoms with E-state index in [9.17, 15) is 4.79 Å². The number of ether oxygens (including phenoxy) is 1. The Morgan fingerprint density at radius 2 is 1.85 bits per heavy atom. The predicted molar refractivity (Wildman–Crippen MR) is 108 cm³/mol. The molecule has 27 heavy (non-hydrogen) atoms. The van der Waals surface area contributed by atoms with Crippen molar-refractivity contribution in [1.29, 1.82) is 0 Å². The van der Waals surface area contributed by atoms with Crippen LogP contribution >= 0.6 is 11.6 Å². The zero-order chi connectivity index (χ0) is 18.8. The lowest BCUT2D eigenvalue weighted by atomic mass is 10.0. The first-order valence-corrected chi connectivity index (χ1v) is 10.1. The highest BCUT2D eigenvalue weighted by atomic mass is 35.5. The highest BCUT2D eigenvalue weighted by Gasteiger charge is 2.41. The van der Waals surface area contributed by atoms with Gasteiger partial charge in [-0.3, -0.25) is 4.90 Å². The fourth-order valence-electron chi connectivity index (χ4n) is 4.30. The van der Waals surface area contributed by atoms with Gasteiger partial charge in [-0.1, -0.05) is 30.2 Å². The van der Waals surface area contributed by atoms with Crippen LogP contribution in [0.25, 0.3) is 0 Å². The summed E-state index contributed by atoms with van der Waals surface area (Å²) in [6.45, 7) is 4.34. The van der Waals surface area contributed by atoms with Gasteiger partial charge in [0.15, 0.2) is 0 Å². The molecule has 4 rings (SSSR count). The van der Waals surface area contributed by atoms with Crippen LogP contribution < -0.4 is 4.90 Å². The highest BCUT2D eigenvalue weighted by Crippen LogP contribution is 2.41. The maximum absolute atomic E-state index is 11.9. The number of hydrogen-bond acceptors (Lipinski definition) is 4. The van der Waals surface area contributed by atoms with Crippen molar-refractivity contribution in [2.45, 2.75) is 38.4 Å². The third-order valence-electron chi connectivity index (χ3n) is 5.57. The first-order chi connectivity index (χ1) is 13.2. The number of esters is 1.